The van der Waals surface area contributed by atoms with Gasteiger partial charge in [0.25, 0.3) is 5.71 Å². The van der Waals surface area contributed by atoms with Gasteiger partial charge in [-0.15, -0.1) is 0 Å². The Morgan fingerprint density at radius 1 is 1.13 bits per heavy atom. The summed E-state index contributed by atoms with van der Waals surface area (Å²) in [6.07, 6.45) is 1.36. The summed E-state index contributed by atoms with van der Waals surface area (Å²) in [7, 11) is 0. The molecule has 2 aromatic carbocycles. The molecule has 4 aromatic rings. The molecule has 2 aromatic heterocycles. The molecule has 2 heterocycles. The highest BCUT2D eigenvalue weighted by molar-refractivity contribution is 5.73. The first-order valence-corrected chi connectivity index (χ1v) is 9.03. The number of rotatable bonds is 6. The summed E-state index contributed by atoms with van der Waals surface area (Å²) >= 11 is 0. The molecule has 0 bridgehead atoms. The lowest BCUT2D eigenvalue weighted by molar-refractivity contribution is -0.139. The molecule has 10 heteroatoms. The third-order valence-corrected chi connectivity index (χ3v) is 4.27. The van der Waals surface area contributed by atoms with E-state index in [9.17, 15) is 13.6 Å². The number of aryl methyl sites for hydroxylation is 2. The quantitative estimate of drug-likeness (QED) is 0.481. The Morgan fingerprint density at radius 3 is 2.55 bits per heavy atom. The van der Waals surface area contributed by atoms with Crippen LogP contribution in [0.4, 0.5) is 8.78 Å². The average Bonchev–Trinajstić information content (AvgIpc) is 3.12. The van der Waals surface area contributed by atoms with Crippen LogP contribution in [0.2, 0.25) is 0 Å². The average molecular weight is 427 g/mol. The molecular formula is C21H15F2N3O5. The fourth-order valence-corrected chi connectivity index (χ4v) is 2.98. The zero-order valence-corrected chi connectivity index (χ0v) is 16.3. The predicted octanol–water partition coefficient (Wildman–Crippen LogP) is 4.44. The molecule has 0 unspecified atom stereocenters. The third-order valence-electron chi connectivity index (χ3n) is 4.27. The van der Waals surface area contributed by atoms with Gasteiger partial charge in [-0.1, -0.05) is 0 Å². The van der Waals surface area contributed by atoms with Crippen LogP contribution in [0.3, 0.4) is 0 Å². The van der Waals surface area contributed by atoms with E-state index in [4.69, 9.17) is 19.0 Å². The van der Waals surface area contributed by atoms with Gasteiger partial charge in [0.15, 0.2) is 18.2 Å². The third kappa shape index (κ3) is 4.27. The molecule has 4 rings (SSSR count). The molecule has 0 saturated heterocycles. The summed E-state index contributed by atoms with van der Waals surface area (Å²) in [5, 5.41) is 8.80. The molecule has 0 atom stereocenters. The van der Waals surface area contributed by atoms with Crippen LogP contribution in [-0.4, -0.2) is 32.6 Å². The number of carboxylic acids is 1. The molecule has 0 radical (unpaired) electrons. The predicted molar refractivity (Wildman–Crippen MR) is 104 cm³/mol. The topological polar surface area (TPSA) is 108 Å². The number of fused-ring (bicyclic) bond motifs is 1. The number of nitrogens with zero attached hydrogens (tertiary/aromatic N) is 3. The number of carbonyl (C=O) groups is 1. The molecule has 1 N–H and O–H groups in total. The lowest BCUT2D eigenvalue weighted by atomic mass is 10.1. The number of hydrogen-bond acceptors (Lipinski definition) is 7. The monoisotopic (exact) mass is 427 g/mol. The molecule has 0 amide bonds. The number of aromatic nitrogens is 3. The second-order valence-electron chi connectivity index (χ2n) is 6.66. The summed E-state index contributed by atoms with van der Waals surface area (Å²) in [5.74, 6) is -2.20. The summed E-state index contributed by atoms with van der Waals surface area (Å²) in [5.41, 5.74) is 2.51. The fraction of sp³-hybridized carbons (Fsp3) is 0.143. The minimum atomic E-state index is -1.07. The van der Waals surface area contributed by atoms with Crippen LogP contribution in [0, 0.1) is 25.5 Å². The highest BCUT2D eigenvalue weighted by atomic mass is 19.1. The minimum absolute atomic E-state index is 0.115. The Kier molecular flexibility index (Phi) is 5.20. The van der Waals surface area contributed by atoms with Crippen molar-refractivity contribution in [2.45, 2.75) is 13.8 Å². The van der Waals surface area contributed by atoms with Crippen LogP contribution < -0.4 is 9.47 Å². The zero-order valence-electron chi connectivity index (χ0n) is 16.3. The Morgan fingerprint density at radius 2 is 1.87 bits per heavy atom. The molecule has 0 spiro atoms. The van der Waals surface area contributed by atoms with Crippen molar-refractivity contribution in [3.05, 3.63) is 59.3 Å². The maximum absolute atomic E-state index is 13.8. The molecule has 0 aliphatic carbocycles. The fourth-order valence-electron chi connectivity index (χ4n) is 2.98. The van der Waals surface area contributed by atoms with Gasteiger partial charge in [0.1, 0.15) is 17.1 Å². The van der Waals surface area contributed by atoms with Gasteiger partial charge in [0, 0.05) is 11.6 Å². The number of aliphatic carboxylic acids is 1. The van der Waals surface area contributed by atoms with E-state index in [2.05, 4.69) is 15.0 Å². The Labute approximate surface area is 174 Å². The van der Waals surface area contributed by atoms with Crippen molar-refractivity contribution in [3.63, 3.8) is 0 Å². The van der Waals surface area contributed by atoms with Crippen LogP contribution in [0.5, 0.6) is 17.5 Å². The Balaban J connectivity index is 1.63. The van der Waals surface area contributed by atoms with Crippen molar-refractivity contribution < 1.29 is 32.6 Å². The van der Waals surface area contributed by atoms with Crippen LogP contribution in [0.1, 0.15) is 11.1 Å². The highest BCUT2D eigenvalue weighted by Gasteiger charge is 2.16. The van der Waals surface area contributed by atoms with Crippen molar-refractivity contribution in [1.29, 1.82) is 0 Å². The molecule has 0 aliphatic rings. The van der Waals surface area contributed by atoms with E-state index in [0.29, 0.717) is 34.0 Å². The van der Waals surface area contributed by atoms with Crippen molar-refractivity contribution in [3.8, 4) is 29.0 Å². The summed E-state index contributed by atoms with van der Waals surface area (Å²) in [4.78, 5) is 23.1. The zero-order chi connectivity index (χ0) is 22.1. The van der Waals surface area contributed by atoms with E-state index in [1.54, 1.807) is 26.0 Å². The van der Waals surface area contributed by atoms with Crippen molar-refractivity contribution in [2.75, 3.05) is 6.61 Å². The Hall–Kier alpha value is -4.08. The standard InChI is InChI=1S/C21H15F2N3O5/c1-10-5-12(6-11(2)18(10)29-9-17(27)28)19-25-15-8-24-21(26-20(15)31-19)30-16-4-3-13(22)7-14(16)23/h3-8H,9H2,1-2H3,(H,27,28). The number of oxazole rings is 1. The van der Waals surface area contributed by atoms with Crippen molar-refractivity contribution in [2.24, 2.45) is 0 Å². The number of carboxylic acid groups (broad SMARTS) is 1. The van der Waals surface area contributed by atoms with Crippen LogP contribution in [0.15, 0.2) is 40.9 Å². The highest BCUT2D eigenvalue weighted by Crippen LogP contribution is 2.32. The van der Waals surface area contributed by atoms with E-state index in [0.717, 1.165) is 12.1 Å². The van der Waals surface area contributed by atoms with E-state index >= 15 is 0 Å². The van der Waals surface area contributed by atoms with Gasteiger partial charge < -0.3 is 19.0 Å². The van der Waals surface area contributed by atoms with Gasteiger partial charge in [0.05, 0.1) is 6.20 Å². The van der Waals surface area contributed by atoms with Gasteiger partial charge in [-0.05, 0) is 49.2 Å². The minimum Gasteiger partial charge on any atom is -0.481 e. The molecule has 8 nitrogen and oxygen atoms in total. The number of benzene rings is 2. The lowest BCUT2D eigenvalue weighted by Crippen LogP contribution is -2.10. The van der Waals surface area contributed by atoms with Crippen LogP contribution >= 0.6 is 0 Å². The smallest absolute Gasteiger partial charge is 0.341 e. The Bertz CT molecular complexity index is 1280. The molecule has 0 fully saturated rings. The van der Waals surface area contributed by atoms with Gasteiger partial charge in [-0.25, -0.2) is 23.5 Å². The van der Waals surface area contributed by atoms with Crippen molar-refractivity contribution in [1.82, 2.24) is 15.0 Å². The van der Waals surface area contributed by atoms with Gasteiger partial charge >= 0.3 is 12.0 Å². The summed E-state index contributed by atoms with van der Waals surface area (Å²) < 4.78 is 43.1. The second-order valence-corrected chi connectivity index (χ2v) is 6.66. The maximum Gasteiger partial charge on any atom is 0.341 e. The largest absolute Gasteiger partial charge is 0.481 e. The van der Waals surface area contributed by atoms with E-state index in [-0.39, 0.29) is 23.4 Å². The van der Waals surface area contributed by atoms with Gasteiger partial charge in [0.2, 0.25) is 5.89 Å². The van der Waals surface area contributed by atoms with Crippen LogP contribution in [-0.2, 0) is 4.79 Å². The molecule has 31 heavy (non-hydrogen) atoms. The summed E-state index contributed by atoms with van der Waals surface area (Å²) in [6, 6.07) is 6.17. The van der Waals surface area contributed by atoms with E-state index in [1.165, 1.54) is 6.20 Å². The molecule has 158 valence electrons. The van der Waals surface area contributed by atoms with E-state index in [1.807, 2.05) is 0 Å². The first-order valence-electron chi connectivity index (χ1n) is 9.03. The first kappa shape index (κ1) is 20.2. The number of ether oxygens (including phenoxy) is 2. The first-order chi connectivity index (χ1) is 14.8. The molecule has 0 saturated carbocycles. The SMILES string of the molecule is Cc1cc(-c2nc3cnc(Oc4ccc(F)cc4F)nc3o2)cc(C)c1OCC(=O)O. The second kappa shape index (κ2) is 7.98. The van der Waals surface area contributed by atoms with Gasteiger partial charge in [-0.3, -0.25) is 0 Å². The summed E-state index contributed by atoms with van der Waals surface area (Å²) in [6.45, 7) is 3.11. The normalized spacial score (nSPS) is 11.0. The lowest BCUT2D eigenvalue weighted by Gasteiger charge is -2.11. The maximum atomic E-state index is 13.8. The van der Waals surface area contributed by atoms with Gasteiger partial charge in [-0.2, -0.15) is 4.98 Å². The number of halogens is 2. The van der Waals surface area contributed by atoms with Crippen molar-refractivity contribution >= 4 is 17.2 Å². The number of hydrogen-bond donors (Lipinski definition) is 1. The molecule has 0 aliphatic heterocycles. The molecular weight excluding hydrogens is 412 g/mol. The van der Waals surface area contributed by atoms with E-state index < -0.39 is 24.2 Å². The van der Waals surface area contributed by atoms with Crippen LogP contribution in [0.25, 0.3) is 22.7 Å².